The van der Waals surface area contributed by atoms with Gasteiger partial charge in [0.25, 0.3) is 0 Å². The van der Waals surface area contributed by atoms with Gasteiger partial charge in [-0.05, 0) is 19.8 Å². The summed E-state index contributed by atoms with van der Waals surface area (Å²) in [6, 6.07) is -0.0886. The Kier molecular flexibility index (Phi) is 3.78. The summed E-state index contributed by atoms with van der Waals surface area (Å²) in [5, 5.41) is 15.3. The van der Waals surface area contributed by atoms with Crippen LogP contribution in [0.3, 0.4) is 0 Å². The molecule has 0 bridgehead atoms. The summed E-state index contributed by atoms with van der Waals surface area (Å²) in [5.41, 5.74) is 0. The maximum absolute atomic E-state index is 11.8. The van der Waals surface area contributed by atoms with Gasteiger partial charge < -0.3 is 20.5 Å². The average Bonchev–Trinajstić information content (AvgIpc) is 2.87. The van der Waals surface area contributed by atoms with Gasteiger partial charge in [0.2, 0.25) is 5.91 Å². The lowest BCUT2D eigenvalue weighted by molar-refractivity contribution is -0.123. The van der Waals surface area contributed by atoms with Gasteiger partial charge >= 0.3 is 0 Å². The summed E-state index contributed by atoms with van der Waals surface area (Å²) >= 11 is 0. The lowest BCUT2D eigenvalue weighted by Crippen LogP contribution is -2.46. The summed E-state index contributed by atoms with van der Waals surface area (Å²) in [4.78, 5) is 11.8. The van der Waals surface area contributed by atoms with Crippen LogP contribution in [0.4, 0.5) is 0 Å². The predicted molar refractivity (Wildman–Crippen MR) is 58.9 cm³/mol. The SMILES string of the molecule is CC(NC(=O)C1CC(O)CN1)C1CCOC1. The van der Waals surface area contributed by atoms with E-state index in [1.54, 1.807) is 0 Å². The first-order chi connectivity index (χ1) is 7.66. The van der Waals surface area contributed by atoms with Crippen LogP contribution in [0.25, 0.3) is 0 Å². The molecule has 5 nitrogen and oxygen atoms in total. The Morgan fingerprint density at radius 2 is 2.44 bits per heavy atom. The Morgan fingerprint density at radius 3 is 3.00 bits per heavy atom. The zero-order valence-corrected chi connectivity index (χ0v) is 9.61. The number of aliphatic hydroxyl groups excluding tert-OH is 1. The Morgan fingerprint density at radius 1 is 1.62 bits per heavy atom. The largest absolute Gasteiger partial charge is 0.392 e. The third-order valence-electron chi connectivity index (χ3n) is 3.47. The zero-order chi connectivity index (χ0) is 11.5. The first-order valence-electron chi connectivity index (χ1n) is 5.96. The van der Waals surface area contributed by atoms with Gasteiger partial charge in [0.05, 0.1) is 18.8 Å². The number of β-amino-alcohol motifs (C(OH)–C–C–N with tert-alkyl or cyclic N) is 1. The quantitative estimate of drug-likeness (QED) is 0.594. The molecule has 92 valence electrons. The number of amides is 1. The average molecular weight is 228 g/mol. The van der Waals surface area contributed by atoms with Gasteiger partial charge in [-0.1, -0.05) is 0 Å². The van der Waals surface area contributed by atoms with Gasteiger partial charge in [-0.2, -0.15) is 0 Å². The molecule has 5 heteroatoms. The van der Waals surface area contributed by atoms with E-state index < -0.39 is 0 Å². The normalized spacial score (nSPS) is 36.2. The second kappa shape index (κ2) is 5.12. The van der Waals surface area contributed by atoms with E-state index in [0.29, 0.717) is 18.9 Å². The van der Waals surface area contributed by atoms with Crippen LogP contribution in [0.5, 0.6) is 0 Å². The van der Waals surface area contributed by atoms with Crippen LogP contribution in [-0.2, 0) is 9.53 Å². The molecule has 4 unspecified atom stereocenters. The van der Waals surface area contributed by atoms with Crippen molar-refractivity contribution in [1.29, 1.82) is 0 Å². The summed E-state index contributed by atoms with van der Waals surface area (Å²) < 4.78 is 5.30. The molecule has 0 aromatic rings. The molecule has 2 aliphatic heterocycles. The fourth-order valence-electron chi connectivity index (χ4n) is 2.31. The summed E-state index contributed by atoms with van der Waals surface area (Å²) in [6.07, 6.45) is 1.14. The minimum atomic E-state index is -0.388. The van der Waals surface area contributed by atoms with E-state index >= 15 is 0 Å². The molecule has 3 N–H and O–H groups in total. The fourth-order valence-corrected chi connectivity index (χ4v) is 2.31. The molecule has 2 saturated heterocycles. The number of rotatable bonds is 3. The predicted octanol–water partition coefficient (Wildman–Crippen LogP) is -0.750. The number of carbonyl (C=O) groups is 1. The van der Waals surface area contributed by atoms with Gasteiger partial charge in [-0.3, -0.25) is 4.79 Å². The molecule has 4 atom stereocenters. The molecule has 2 aliphatic rings. The van der Waals surface area contributed by atoms with Crippen molar-refractivity contribution in [3.05, 3.63) is 0 Å². The Bertz CT molecular complexity index is 254. The molecule has 0 spiro atoms. The second-order valence-corrected chi connectivity index (χ2v) is 4.77. The number of hydrogen-bond acceptors (Lipinski definition) is 4. The summed E-state index contributed by atoms with van der Waals surface area (Å²) in [6.45, 7) is 4.06. The van der Waals surface area contributed by atoms with Crippen LogP contribution < -0.4 is 10.6 Å². The van der Waals surface area contributed by atoms with Crippen LogP contribution in [0.2, 0.25) is 0 Å². The molecule has 2 heterocycles. The van der Waals surface area contributed by atoms with E-state index in [4.69, 9.17) is 4.74 Å². The fraction of sp³-hybridized carbons (Fsp3) is 0.909. The van der Waals surface area contributed by atoms with Crippen molar-refractivity contribution in [2.75, 3.05) is 19.8 Å². The van der Waals surface area contributed by atoms with Crippen molar-refractivity contribution >= 4 is 5.91 Å². The van der Waals surface area contributed by atoms with Crippen LogP contribution in [0.1, 0.15) is 19.8 Å². The first kappa shape index (κ1) is 11.8. The van der Waals surface area contributed by atoms with E-state index in [0.717, 1.165) is 19.6 Å². The van der Waals surface area contributed by atoms with E-state index in [1.165, 1.54) is 0 Å². The summed E-state index contributed by atoms with van der Waals surface area (Å²) in [5.74, 6) is 0.422. The highest BCUT2D eigenvalue weighted by Crippen LogP contribution is 2.17. The van der Waals surface area contributed by atoms with Crippen molar-refractivity contribution in [3.63, 3.8) is 0 Å². The molecule has 1 amide bonds. The Balaban J connectivity index is 1.77. The highest BCUT2D eigenvalue weighted by molar-refractivity contribution is 5.82. The van der Waals surface area contributed by atoms with E-state index in [9.17, 15) is 9.90 Å². The molecule has 2 fully saturated rings. The van der Waals surface area contributed by atoms with Gasteiger partial charge in [-0.25, -0.2) is 0 Å². The number of carbonyl (C=O) groups excluding carboxylic acids is 1. The number of ether oxygens (including phenoxy) is 1. The second-order valence-electron chi connectivity index (χ2n) is 4.77. The third kappa shape index (κ3) is 2.72. The standard InChI is InChI=1S/C11H20N2O3/c1-7(8-2-3-16-6-8)13-11(15)10-4-9(14)5-12-10/h7-10,12,14H,2-6H2,1H3,(H,13,15). The third-order valence-corrected chi connectivity index (χ3v) is 3.47. The van der Waals surface area contributed by atoms with Crippen LogP contribution >= 0.6 is 0 Å². The molecule has 0 aliphatic carbocycles. The van der Waals surface area contributed by atoms with Crippen LogP contribution in [0.15, 0.2) is 0 Å². The van der Waals surface area contributed by atoms with Gasteiger partial charge in [-0.15, -0.1) is 0 Å². The smallest absolute Gasteiger partial charge is 0.237 e. The van der Waals surface area contributed by atoms with Crippen molar-refractivity contribution in [3.8, 4) is 0 Å². The topological polar surface area (TPSA) is 70.6 Å². The molecule has 0 aromatic carbocycles. The van der Waals surface area contributed by atoms with Crippen molar-refractivity contribution in [2.24, 2.45) is 5.92 Å². The highest BCUT2D eigenvalue weighted by atomic mass is 16.5. The van der Waals surface area contributed by atoms with Crippen LogP contribution in [-0.4, -0.2) is 49.0 Å². The molecule has 0 aromatic heterocycles. The van der Waals surface area contributed by atoms with Crippen LogP contribution in [0, 0.1) is 5.92 Å². The minimum Gasteiger partial charge on any atom is -0.392 e. The lowest BCUT2D eigenvalue weighted by atomic mass is 10.0. The van der Waals surface area contributed by atoms with E-state index in [2.05, 4.69) is 10.6 Å². The van der Waals surface area contributed by atoms with Gasteiger partial charge in [0.1, 0.15) is 0 Å². The molecular weight excluding hydrogens is 208 g/mol. The molecule has 0 radical (unpaired) electrons. The monoisotopic (exact) mass is 228 g/mol. The zero-order valence-electron chi connectivity index (χ0n) is 9.61. The minimum absolute atomic E-state index is 0.00375. The van der Waals surface area contributed by atoms with Crippen molar-refractivity contribution < 1.29 is 14.6 Å². The van der Waals surface area contributed by atoms with E-state index in [-0.39, 0.29) is 24.1 Å². The van der Waals surface area contributed by atoms with Crippen molar-refractivity contribution in [1.82, 2.24) is 10.6 Å². The lowest BCUT2D eigenvalue weighted by Gasteiger charge is -2.21. The molecule has 16 heavy (non-hydrogen) atoms. The molecule has 2 rings (SSSR count). The molecule has 0 saturated carbocycles. The first-order valence-corrected chi connectivity index (χ1v) is 5.96. The Labute approximate surface area is 95.5 Å². The number of aliphatic hydroxyl groups is 1. The highest BCUT2D eigenvalue weighted by Gasteiger charge is 2.30. The Hall–Kier alpha value is -0.650. The van der Waals surface area contributed by atoms with Gasteiger partial charge in [0, 0.05) is 25.1 Å². The number of nitrogens with one attached hydrogen (secondary N) is 2. The van der Waals surface area contributed by atoms with Crippen molar-refractivity contribution in [2.45, 2.75) is 38.0 Å². The van der Waals surface area contributed by atoms with Gasteiger partial charge in [0.15, 0.2) is 0 Å². The molecular formula is C11H20N2O3. The maximum atomic E-state index is 11.8. The van der Waals surface area contributed by atoms with E-state index in [1.807, 2.05) is 6.92 Å². The maximum Gasteiger partial charge on any atom is 0.237 e. The summed E-state index contributed by atoms with van der Waals surface area (Å²) in [7, 11) is 0. The number of hydrogen-bond donors (Lipinski definition) is 3.